The van der Waals surface area contributed by atoms with E-state index >= 15 is 0 Å². The van der Waals surface area contributed by atoms with Gasteiger partial charge in [0.15, 0.2) is 0 Å². The van der Waals surface area contributed by atoms with Crippen molar-refractivity contribution in [3.63, 3.8) is 0 Å². The molecule has 2 aromatic carbocycles. The van der Waals surface area contributed by atoms with Crippen LogP contribution in [0.15, 0.2) is 98.1 Å². The summed E-state index contributed by atoms with van der Waals surface area (Å²) >= 11 is 0. The van der Waals surface area contributed by atoms with Crippen LogP contribution in [0.3, 0.4) is 0 Å². The third kappa shape index (κ3) is 12.1. The number of carboxylic acids is 2. The molecule has 0 aliphatic carbocycles. The molecular weight excluding hydrogens is 769 g/mol. The number of aromatic amines is 1. The standard InChI is InChI=1S/C25H18N4O12S2.4K/c30-22-18(20(24(32)33)26-28(22)14-6-10-16(11-7-14)42(36,37)38)4-2-1-3-5-19-21(25(34)35)27-29(23(19)31)15-8-12-17(13-9-15)43(39,40)41;;;;/h1-13,26H,(H,32,33)(H,34,35)(H,36,37,38)(H,39,40,41);;;;/q;4*+1/p-4/b3-1+,4-2+,19-5?;;;;. The summed E-state index contributed by atoms with van der Waals surface area (Å²) in [6.45, 7) is 0. The number of amides is 1. The van der Waals surface area contributed by atoms with E-state index in [-0.39, 0.29) is 222 Å². The number of hydrogen-bond acceptors (Lipinski definition) is 13. The van der Waals surface area contributed by atoms with Gasteiger partial charge in [-0.25, -0.2) is 21.5 Å². The smallest absolute Gasteiger partial charge is 0.744 e. The summed E-state index contributed by atoms with van der Waals surface area (Å²) in [5.41, 5.74) is -3.16. The van der Waals surface area contributed by atoms with E-state index < -0.39 is 70.4 Å². The van der Waals surface area contributed by atoms with Crippen molar-refractivity contribution in [2.24, 2.45) is 5.10 Å². The van der Waals surface area contributed by atoms with E-state index in [1.165, 1.54) is 18.2 Å². The van der Waals surface area contributed by atoms with Crippen molar-refractivity contribution in [1.29, 1.82) is 0 Å². The zero-order chi connectivity index (χ0) is 31.7. The summed E-state index contributed by atoms with van der Waals surface area (Å²) in [5, 5.41) is 29.8. The van der Waals surface area contributed by atoms with Crippen molar-refractivity contribution in [1.82, 2.24) is 9.78 Å². The Morgan fingerprint density at radius 3 is 1.66 bits per heavy atom. The van der Waals surface area contributed by atoms with E-state index in [0.29, 0.717) is 5.01 Å². The third-order valence-electron chi connectivity index (χ3n) is 5.70. The summed E-state index contributed by atoms with van der Waals surface area (Å²) in [4.78, 5) is 47.6. The number of hydrogen-bond donors (Lipinski definition) is 1. The summed E-state index contributed by atoms with van der Waals surface area (Å²) < 4.78 is 67.5. The van der Waals surface area contributed by atoms with Crippen molar-refractivity contribution < 1.29 is 256 Å². The maximum atomic E-state index is 12.8. The van der Waals surface area contributed by atoms with Gasteiger partial charge in [-0.05, 0) is 60.7 Å². The van der Waals surface area contributed by atoms with Gasteiger partial charge in [-0.2, -0.15) is 10.1 Å². The van der Waals surface area contributed by atoms with Crippen LogP contribution in [0.25, 0.3) is 11.8 Å². The van der Waals surface area contributed by atoms with Crippen LogP contribution >= 0.6 is 0 Å². The first-order chi connectivity index (χ1) is 20.1. The number of allylic oxidation sites excluding steroid dienone is 4. The SMILES string of the molecule is O=C([O-])C1=NN(c2ccc(S(=O)(=O)[O-])cc2)C(=O)C1=C/C=C/C=C/c1c(C(=O)[O-])[nH]n(-c2ccc(S(=O)(=O)[O-])cc2)c1=O.[K+].[K+].[K+].[K+]. The van der Waals surface area contributed by atoms with Crippen LogP contribution in [0.5, 0.6) is 0 Å². The van der Waals surface area contributed by atoms with E-state index in [2.05, 4.69) is 10.2 Å². The number of nitrogens with zero attached hydrogens (tertiary/aromatic N) is 3. The normalized spacial score (nSPS) is 13.8. The molecule has 1 aliphatic heterocycles. The van der Waals surface area contributed by atoms with E-state index in [1.807, 2.05) is 0 Å². The van der Waals surface area contributed by atoms with Crippen molar-refractivity contribution in [3.8, 4) is 5.69 Å². The van der Waals surface area contributed by atoms with Gasteiger partial charge in [0.1, 0.15) is 25.9 Å². The monoisotopic (exact) mass is 782 g/mol. The minimum Gasteiger partial charge on any atom is -0.744 e. The zero-order valence-corrected chi connectivity index (χ0v) is 39.2. The van der Waals surface area contributed by atoms with Crippen molar-refractivity contribution >= 4 is 55.6 Å². The van der Waals surface area contributed by atoms with Gasteiger partial charge in [0.2, 0.25) is 0 Å². The first-order valence-corrected chi connectivity index (χ1v) is 14.3. The second kappa shape index (κ2) is 20.4. The fourth-order valence-electron chi connectivity index (χ4n) is 3.72. The number of aromatic nitrogens is 2. The fraction of sp³-hybridized carbons (Fsp3) is 0. The van der Waals surface area contributed by atoms with Crippen molar-refractivity contribution in [2.75, 3.05) is 5.01 Å². The fourth-order valence-corrected chi connectivity index (χ4v) is 4.66. The molecule has 0 fully saturated rings. The molecule has 16 nitrogen and oxygen atoms in total. The van der Waals surface area contributed by atoms with Crippen LogP contribution in [-0.2, 0) is 29.8 Å². The van der Waals surface area contributed by atoms with Gasteiger partial charge in [-0.15, -0.1) is 0 Å². The molecule has 3 aromatic rings. The minimum absolute atomic E-state index is 0. The number of hydrazone groups is 1. The molecule has 0 saturated carbocycles. The molecule has 0 atom stereocenters. The Morgan fingerprint density at radius 2 is 1.21 bits per heavy atom. The number of rotatable bonds is 9. The van der Waals surface area contributed by atoms with E-state index in [4.69, 9.17) is 0 Å². The van der Waals surface area contributed by atoms with Gasteiger partial charge in [0.25, 0.3) is 11.5 Å². The number of carboxylic acid groups (broad SMARTS) is 2. The molecule has 1 aliphatic rings. The molecule has 1 amide bonds. The van der Waals surface area contributed by atoms with Crippen molar-refractivity contribution in [2.45, 2.75) is 9.79 Å². The Hall–Kier alpha value is 1.12. The van der Waals surface area contributed by atoms with Gasteiger partial charge in [0.05, 0.1) is 49.9 Å². The first-order valence-electron chi connectivity index (χ1n) is 11.5. The van der Waals surface area contributed by atoms with Crippen LogP contribution < -0.4 is 226 Å². The first kappa shape index (κ1) is 48.1. The Bertz CT molecular complexity index is 2070. The van der Waals surface area contributed by atoms with Gasteiger partial charge >= 0.3 is 206 Å². The molecule has 47 heavy (non-hydrogen) atoms. The van der Waals surface area contributed by atoms with Crippen LogP contribution in [0.1, 0.15) is 16.1 Å². The summed E-state index contributed by atoms with van der Waals surface area (Å²) in [6, 6.07) is 8.01. The molecule has 0 bridgehead atoms. The predicted molar refractivity (Wildman–Crippen MR) is 139 cm³/mol. The van der Waals surface area contributed by atoms with Gasteiger partial charge in [0, 0.05) is 0 Å². The average molecular weight is 783 g/mol. The Morgan fingerprint density at radius 1 is 0.723 bits per heavy atom. The second-order valence-electron chi connectivity index (χ2n) is 8.40. The molecule has 2 heterocycles. The molecule has 0 spiro atoms. The molecule has 0 unspecified atom stereocenters. The molecule has 22 heteroatoms. The van der Waals surface area contributed by atoms with E-state index in [9.17, 15) is 55.3 Å². The van der Waals surface area contributed by atoms with Crippen LogP contribution in [0.2, 0.25) is 0 Å². The number of carbonyl (C=O) groups is 3. The number of aliphatic carboxylic acids is 1. The zero-order valence-electron chi connectivity index (χ0n) is 25.1. The Kier molecular flexibility index (Phi) is 20.9. The molecule has 222 valence electrons. The molecule has 1 aromatic heterocycles. The molecule has 1 N–H and O–H groups in total. The van der Waals surface area contributed by atoms with Gasteiger partial charge in [-0.3, -0.25) is 14.7 Å². The van der Waals surface area contributed by atoms with Crippen LogP contribution in [0.4, 0.5) is 5.69 Å². The predicted octanol–water partition coefficient (Wildman–Crippen LogP) is -14.0. The minimum atomic E-state index is -4.77. The van der Waals surface area contributed by atoms with Gasteiger partial charge < -0.3 is 28.9 Å². The van der Waals surface area contributed by atoms with Gasteiger partial charge in [-0.1, -0.05) is 18.2 Å². The molecule has 0 saturated heterocycles. The number of aromatic carboxylic acids is 1. The Labute approximate surface area is 437 Å². The number of H-pyrrole nitrogens is 1. The summed E-state index contributed by atoms with van der Waals surface area (Å²) in [6.07, 6.45) is 5.67. The largest absolute Gasteiger partial charge is 1.00 e. The topological polar surface area (TPSA) is 265 Å². The number of benzene rings is 2. The molecule has 4 rings (SSSR count). The third-order valence-corrected chi connectivity index (χ3v) is 7.40. The maximum Gasteiger partial charge on any atom is 1.00 e. The average Bonchev–Trinajstić information content (AvgIpc) is 3.44. The van der Waals surface area contributed by atoms with E-state index in [1.54, 1.807) is 0 Å². The number of nitrogens with one attached hydrogen (secondary N) is 1. The van der Waals surface area contributed by atoms with E-state index in [0.717, 1.165) is 65.4 Å². The molecule has 0 radical (unpaired) electrons. The molecular formula is C25H14K4N4O12S2. The number of anilines is 1. The Balaban J connectivity index is 0.00000529. The second-order valence-corrected chi connectivity index (χ2v) is 11.2. The number of carbonyl (C=O) groups excluding carboxylic acids is 3. The van der Waals surface area contributed by atoms with Crippen LogP contribution in [-0.4, -0.2) is 59.3 Å². The van der Waals surface area contributed by atoms with Crippen LogP contribution in [0, 0.1) is 0 Å². The maximum absolute atomic E-state index is 12.8. The summed E-state index contributed by atoms with van der Waals surface area (Å²) in [5.74, 6) is -4.50. The quantitative estimate of drug-likeness (QED) is 0.0918. The summed E-state index contributed by atoms with van der Waals surface area (Å²) in [7, 11) is -9.53. The van der Waals surface area contributed by atoms with Crippen molar-refractivity contribution in [3.05, 3.63) is 100 Å².